The Hall–Kier alpha value is -2.70. The van der Waals surface area contributed by atoms with Crippen LogP contribution in [0.15, 0.2) is 36.9 Å². The Morgan fingerprint density at radius 1 is 1.17 bits per heavy atom. The van der Waals surface area contributed by atoms with Gasteiger partial charge >= 0.3 is 6.03 Å². The number of carbonyl (C=O) groups excluding carboxylic acids is 2. The van der Waals surface area contributed by atoms with E-state index in [9.17, 15) is 9.59 Å². The van der Waals surface area contributed by atoms with E-state index in [1.807, 2.05) is 24.3 Å². The van der Waals surface area contributed by atoms with Gasteiger partial charge < -0.3 is 5.32 Å². The highest BCUT2D eigenvalue weighted by molar-refractivity contribution is 6.07. The third-order valence-electron chi connectivity index (χ3n) is 4.36. The fraction of sp³-hybridized carbons (Fsp3) is 0.412. The van der Waals surface area contributed by atoms with E-state index in [1.54, 1.807) is 17.9 Å². The molecule has 7 heteroatoms. The second-order valence-electron chi connectivity index (χ2n) is 6.12. The minimum absolute atomic E-state index is 0.240. The fourth-order valence-electron chi connectivity index (χ4n) is 2.94. The van der Waals surface area contributed by atoms with Gasteiger partial charge in [0.15, 0.2) is 0 Å². The first-order chi connectivity index (χ1) is 11.5. The zero-order valence-corrected chi connectivity index (χ0v) is 13.9. The van der Waals surface area contributed by atoms with E-state index in [0.717, 1.165) is 18.4 Å². The molecule has 0 saturated carbocycles. The van der Waals surface area contributed by atoms with Crippen molar-refractivity contribution in [3.05, 3.63) is 48.0 Å². The Kier molecular flexibility index (Phi) is 4.33. The molecule has 1 atom stereocenters. The highest BCUT2D eigenvalue weighted by atomic mass is 16.2. The van der Waals surface area contributed by atoms with Crippen LogP contribution in [0.3, 0.4) is 0 Å². The Balaban J connectivity index is 1.75. The van der Waals surface area contributed by atoms with Gasteiger partial charge in [-0.2, -0.15) is 5.10 Å². The lowest BCUT2D eigenvalue weighted by atomic mass is 9.91. The summed E-state index contributed by atoms with van der Waals surface area (Å²) in [6.07, 6.45) is 5.06. The Bertz CT molecular complexity index is 726. The molecule has 1 aliphatic heterocycles. The summed E-state index contributed by atoms with van der Waals surface area (Å²) in [6, 6.07) is 7.50. The number of aryl methyl sites for hydroxylation is 1. The molecule has 0 aliphatic carbocycles. The minimum atomic E-state index is -1.02. The van der Waals surface area contributed by atoms with Crippen LogP contribution in [0, 0.1) is 0 Å². The molecule has 1 aliphatic rings. The summed E-state index contributed by atoms with van der Waals surface area (Å²) in [7, 11) is 0. The molecule has 0 radical (unpaired) electrons. The van der Waals surface area contributed by atoms with Crippen molar-refractivity contribution in [2.75, 3.05) is 6.54 Å². The number of carbonyl (C=O) groups is 2. The van der Waals surface area contributed by atoms with Crippen molar-refractivity contribution in [2.45, 2.75) is 38.8 Å². The van der Waals surface area contributed by atoms with Crippen LogP contribution in [0.5, 0.6) is 0 Å². The van der Waals surface area contributed by atoms with E-state index in [4.69, 9.17) is 0 Å². The van der Waals surface area contributed by atoms with E-state index < -0.39 is 5.54 Å². The highest BCUT2D eigenvalue weighted by Gasteiger charge is 2.48. The molecule has 2 heterocycles. The molecule has 0 bridgehead atoms. The number of hydrogen-bond acceptors (Lipinski definition) is 4. The van der Waals surface area contributed by atoms with E-state index in [2.05, 4.69) is 22.3 Å². The van der Waals surface area contributed by atoms with Crippen LogP contribution < -0.4 is 5.32 Å². The number of amides is 3. The molecule has 3 amide bonds. The van der Waals surface area contributed by atoms with Crippen LogP contribution >= 0.6 is 0 Å². The molecule has 3 rings (SSSR count). The standard InChI is InChI=1S/C17H21N5O2/c1-3-4-13-5-7-14(8-6-13)17(2)15(23)22(16(24)20-17)10-9-21-12-18-11-19-21/h5-8,11-12H,3-4,9-10H2,1-2H3,(H,20,24). The van der Waals surface area contributed by atoms with Crippen molar-refractivity contribution < 1.29 is 9.59 Å². The summed E-state index contributed by atoms with van der Waals surface area (Å²) in [6.45, 7) is 4.56. The van der Waals surface area contributed by atoms with Crippen molar-refractivity contribution in [1.82, 2.24) is 25.0 Å². The summed E-state index contributed by atoms with van der Waals surface area (Å²) in [5.74, 6) is -0.240. The molecule has 24 heavy (non-hydrogen) atoms. The third-order valence-corrected chi connectivity index (χ3v) is 4.36. The van der Waals surface area contributed by atoms with Gasteiger partial charge in [-0.3, -0.25) is 14.4 Å². The molecular weight excluding hydrogens is 306 g/mol. The van der Waals surface area contributed by atoms with Crippen molar-refractivity contribution in [3.63, 3.8) is 0 Å². The van der Waals surface area contributed by atoms with Crippen LogP contribution in [0.4, 0.5) is 4.79 Å². The second-order valence-corrected chi connectivity index (χ2v) is 6.12. The van der Waals surface area contributed by atoms with Crippen LogP contribution in [-0.4, -0.2) is 38.1 Å². The van der Waals surface area contributed by atoms with Crippen LogP contribution in [-0.2, 0) is 23.3 Å². The lowest BCUT2D eigenvalue weighted by Gasteiger charge is -2.22. The first kappa shape index (κ1) is 16.2. The number of nitrogens with one attached hydrogen (secondary N) is 1. The average molecular weight is 327 g/mol. The summed E-state index contributed by atoms with van der Waals surface area (Å²) in [5.41, 5.74) is 0.998. The summed E-state index contributed by atoms with van der Waals surface area (Å²) < 4.78 is 1.59. The molecule has 1 aromatic heterocycles. The van der Waals surface area contributed by atoms with Gasteiger partial charge in [-0.1, -0.05) is 37.6 Å². The quantitative estimate of drug-likeness (QED) is 0.819. The molecule has 2 aromatic rings. The van der Waals surface area contributed by atoms with Gasteiger partial charge in [0.05, 0.1) is 13.1 Å². The molecule has 126 valence electrons. The number of nitrogens with zero attached hydrogens (tertiary/aromatic N) is 4. The van der Waals surface area contributed by atoms with Gasteiger partial charge in [-0.15, -0.1) is 0 Å². The monoisotopic (exact) mass is 327 g/mol. The smallest absolute Gasteiger partial charge is 0.319 e. The molecule has 7 nitrogen and oxygen atoms in total. The molecule has 1 saturated heterocycles. The van der Waals surface area contributed by atoms with Gasteiger partial charge in [-0.05, 0) is 24.5 Å². The van der Waals surface area contributed by atoms with Crippen LogP contribution in [0.25, 0.3) is 0 Å². The van der Waals surface area contributed by atoms with Crippen molar-refractivity contribution in [2.24, 2.45) is 0 Å². The van der Waals surface area contributed by atoms with Gasteiger partial charge in [-0.25, -0.2) is 9.78 Å². The Morgan fingerprint density at radius 3 is 2.54 bits per heavy atom. The lowest BCUT2D eigenvalue weighted by Crippen LogP contribution is -2.41. The third kappa shape index (κ3) is 2.89. The van der Waals surface area contributed by atoms with Crippen molar-refractivity contribution in [1.29, 1.82) is 0 Å². The maximum atomic E-state index is 12.8. The average Bonchev–Trinajstić information content (AvgIpc) is 3.15. The van der Waals surface area contributed by atoms with E-state index >= 15 is 0 Å². The van der Waals surface area contributed by atoms with Gasteiger partial charge in [0.2, 0.25) is 0 Å². The maximum absolute atomic E-state index is 12.8. The van der Waals surface area contributed by atoms with Crippen molar-refractivity contribution in [3.8, 4) is 0 Å². The summed E-state index contributed by atoms with van der Waals surface area (Å²) in [4.78, 5) is 30.1. The number of hydrogen-bond donors (Lipinski definition) is 1. The van der Waals surface area contributed by atoms with E-state index in [-0.39, 0.29) is 18.5 Å². The molecular formula is C17H21N5O2. The second kappa shape index (κ2) is 6.43. The van der Waals surface area contributed by atoms with Gasteiger partial charge in [0.1, 0.15) is 18.2 Å². The number of benzene rings is 1. The molecule has 1 unspecified atom stereocenters. The zero-order valence-electron chi connectivity index (χ0n) is 13.9. The molecule has 1 aromatic carbocycles. The lowest BCUT2D eigenvalue weighted by molar-refractivity contribution is -0.131. The largest absolute Gasteiger partial charge is 0.325 e. The number of aromatic nitrogens is 3. The van der Waals surface area contributed by atoms with Crippen molar-refractivity contribution >= 4 is 11.9 Å². The van der Waals surface area contributed by atoms with Crippen LogP contribution in [0.2, 0.25) is 0 Å². The predicted molar refractivity (Wildman–Crippen MR) is 88.1 cm³/mol. The zero-order chi connectivity index (χ0) is 17.2. The van der Waals surface area contributed by atoms with Crippen LogP contribution in [0.1, 0.15) is 31.4 Å². The SMILES string of the molecule is CCCc1ccc(C2(C)NC(=O)N(CCn3cncn3)C2=O)cc1. The van der Waals surface area contributed by atoms with Gasteiger partial charge in [0.25, 0.3) is 5.91 Å². The van der Waals surface area contributed by atoms with E-state index in [0.29, 0.717) is 6.54 Å². The van der Waals surface area contributed by atoms with E-state index in [1.165, 1.54) is 16.8 Å². The summed E-state index contributed by atoms with van der Waals surface area (Å²) in [5, 5.41) is 6.80. The number of urea groups is 1. The highest BCUT2D eigenvalue weighted by Crippen LogP contribution is 2.29. The Morgan fingerprint density at radius 2 is 1.92 bits per heavy atom. The number of rotatable bonds is 6. The van der Waals surface area contributed by atoms with Gasteiger partial charge in [0, 0.05) is 0 Å². The molecule has 1 fully saturated rings. The first-order valence-corrected chi connectivity index (χ1v) is 8.10. The number of imide groups is 1. The first-order valence-electron chi connectivity index (χ1n) is 8.10. The maximum Gasteiger partial charge on any atom is 0.325 e. The summed E-state index contributed by atoms with van der Waals surface area (Å²) >= 11 is 0. The normalized spacial score (nSPS) is 20.5. The predicted octanol–water partition coefficient (Wildman–Crippen LogP) is 1.70. The minimum Gasteiger partial charge on any atom is -0.319 e. The fourth-order valence-corrected chi connectivity index (χ4v) is 2.94. The Labute approximate surface area is 140 Å². The molecule has 1 N–H and O–H groups in total. The molecule has 0 spiro atoms. The topological polar surface area (TPSA) is 80.1 Å².